The summed E-state index contributed by atoms with van der Waals surface area (Å²) in [5.41, 5.74) is 7.80. The van der Waals surface area contributed by atoms with E-state index < -0.39 is 0 Å². The van der Waals surface area contributed by atoms with Crippen LogP contribution in [0.3, 0.4) is 0 Å². The highest BCUT2D eigenvalue weighted by atomic mass is 35.5. The van der Waals surface area contributed by atoms with Gasteiger partial charge >= 0.3 is 0 Å². The summed E-state index contributed by atoms with van der Waals surface area (Å²) in [6, 6.07) is 8.21. The van der Waals surface area contributed by atoms with Crippen LogP contribution in [-0.4, -0.2) is 31.1 Å². The first kappa shape index (κ1) is 17.8. The third-order valence-electron chi connectivity index (χ3n) is 4.08. The molecule has 0 aliphatic carbocycles. The van der Waals surface area contributed by atoms with Crippen LogP contribution in [0.15, 0.2) is 18.2 Å². The summed E-state index contributed by atoms with van der Waals surface area (Å²) >= 11 is 0. The van der Waals surface area contributed by atoms with Crippen LogP contribution in [0.5, 0.6) is 5.75 Å². The molecule has 0 bridgehead atoms. The molecule has 2 atom stereocenters. The summed E-state index contributed by atoms with van der Waals surface area (Å²) in [5, 5.41) is 9.00. The first-order chi connectivity index (χ1) is 9.63. The van der Waals surface area contributed by atoms with Gasteiger partial charge in [0, 0.05) is 19.1 Å². The second-order valence-corrected chi connectivity index (χ2v) is 5.64. The summed E-state index contributed by atoms with van der Waals surface area (Å²) in [7, 11) is 1.60. The monoisotopic (exact) mass is 309 g/mol. The van der Waals surface area contributed by atoms with Crippen molar-refractivity contribution in [3.8, 4) is 11.8 Å². The number of hydrogen-bond donors (Lipinski definition) is 1. The molecule has 0 aromatic heterocycles. The molecule has 1 aliphatic rings. The molecule has 4 nitrogen and oxygen atoms in total. The number of nitrogens with two attached hydrogens (primary N) is 1. The van der Waals surface area contributed by atoms with Gasteiger partial charge in [-0.05, 0) is 49.9 Å². The van der Waals surface area contributed by atoms with E-state index in [1.165, 1.54) is 18.4 Å². The molecule has 0 radical (unpaired) electrons. The van der Waals surface area contributed by atoms with E-state index in [1.54, 1.807) is 7.11 Å². The predicted octanol–water partition coefficient (Wildman–Crippen LogP) is 2.55. The molecule has 0 spiro atoms. The second-order valence-electron chi connectivity index (χ2n) is 5.64. The Morgan fingerprint density at radius 1 is 1.52 bits per heavy atom. The van der Waals surface area contributed by atoms with E-state index in [0.717, 1.165) is 19.6 Å². The highest BCUT2D eigenvalue weighted by Crippen LogP contribution is 2.23. The maximum Gasteiger partial charge on any atom is 0.136 e. The highest BCUT2D eigenvalue weighted by Gasteiger charge is 2.22. The summed E-state index contributed by atoms with van der Waals surface area (Å²) in [6.07, 6.45) is 2.43. The van der Waals surface area contributed by atoms with Crippen molar-refractivity contribution in [2.24, 2.45) is 11.7 Å². The Morgan fingerprint density at radius 2 is 2.29 bits per heavy atom. The minimum absolute atomic E-state index is 0. The Kier molecular flexibility index (Phi) is 6.97. The smallest absolute Gasteiger partial charge is 0.136 e. The first-order valence-corrected chi connectivity index (χ1v) is 7.19. The summed E-state index contributed by atoms with van der Waals surface area (Å²) in [5.74, 6) is 1.25. The maximum absolute atomic E-state index is 9.00. The van der Waals surface area contributed by atoms with Crippen LogP contribution in [0.1, 0.15) is 30.9 Å². The van der Waals surface area contributed by atoms with Crippen LogP contribution < -0.4 is 10.5 Å². The number of likely N-dealkylation sites (tertiary alicyclic amines) is 1. The molecule has 21 heavy (non-hydrogen) atoms. The zero-order chi connectivity index (χ0) is 14.5. The van der Waals surface area contributed by atoms with Crippen molar-refractivity contribution >= 4 is 12.4 Å². The van der Waals surface area contributed by atoms with Gasteiger partial charge in [-0.15, -0.1) is 12.4 Å². The van der Waals surface area contributed by atoms with E-state index in [1.807, 2.05) is 18.2 Å². The molecule has 1 aromatic carbocycles. The van der Waals surface area contributed by atoms with Crippen LogP contribution in [0, 0.1) is 17.2 Å². The molecule has 2 unspecified atom stereocenters. The van der Waals surface area contributed by atoms with Crippen LogP contribution in [0.4, 0.5) is 0 Å². The molecule has 1 aliphatic heterocycles. The second kappa shape index (κ2) is 8.23. The number of hydrogen-bond acceptors (Lipinski definition) is 4. The maximum atomic E-state index is 9.00. The van der Waals surface area contributed by atoms with Gasteiger partial charge in [-0.2, -0.15) is 5.26 Å². The molecule has 1 heterocycles. The van der Waals surface area contributed by atoms with E-state index in [9.17, 15) is 0 Å². The Balaban J connectivity index is 0.00000220. The number of piperidine rings is 1. The van der Waals surface area contributed by atoms with E-state index in [-0.39, 0.29) is 18.4 Å². The minimum atomic E-state index is 0. The number of ether oxygens (including phenoxy) is 1. The summed E-state index contributed by atoms with van der Waals surface area (Å²) in [4.78, 5) is 2.44. The Hall–Kier alpha value is -1.28. The molecule has 2 N–H and O–H groups in total. The Bertz CT molecular complexity index is 499. The molecule has 1 saturated heterocycles. The quantitative estimate of drug-likeness (QED) is 0.928. The van der Waals surface area contributed by atoms with Crippen LogP contribution >= 0.6 is 12.4 Å². The van der Waals surface area contributed by atoms with Crippen molar-refractivity contribution in [2.45, 2.75) is 32.4 Å². The average Bonchev–Trinajstić information content (AvgIpc) is 2.47. The van der Waals surface area contributed by atoms with E-state index in [0.29, 0.717) is 17.2 Å². The molecular weight excluding hydrogens is 286 g/mol. The zero-order valence-electron chi connectivity index (χ0n) is 12.7. The van der Waals surface area contributed by atoms with Crippen molar-refractivity contribution in [1.29, 1.82) is 5.26 Å². The Morgan fingerprint density at radius 3 is 2.90 bits per heavy atom. The van der Waals surface area contributed by atoms with Gasteiger partial charge in [0.05, 0.1) is 12.7 Å². The zero-order valence-corrected chi connectivity index (χ0v) is 13.5. The largest absolute Gasteiger partial charge is 0.495 e. The fraction of sp³-hybridized carbons (Fsp3) is 0.562. The minimum Gasteiger partial charge on any atom is -0.495 e. The molecule has 1 aromatic rings. The lowest BCUT2D eigenvalue weighted by molar-refractivity contribution is 0.154. The van der Waals surface area contributed by atoms with Crippen LogP contribution in [-0.2, 0) is 6.54 Å². The lowest BCUT2D eigenvalue weighted by Crippen LogP contribution is -2.41. The molecule has 1 fully saturated rings. The third-order valence-corrected chi connectivity index (χ3v) is 4.08. The van der Waals surface area contributed by atoms with Crippen molar-refractivity contribution < 1.29 is 4.74 Å². The van der Waals surface area contributed by atoms with Gasteiger partial charge in [0.1, 0.15) is 11.8 Å². The molecule has 5 heteroatoms. The number of nitrogens with zero attached hydrogens (tertiary/aromatic N) is 2. The van der Waals surface area contributed by atoms with Gasteiger partial charge < -0.3 is 10.5 Å². The van der Waals surface area contributed by atoms with Crippen LogP contribution in [0.2, 0.25) is 0 Å². The van der Waals surface area contributed by atoms with Gasteiger partial charge in [0.2, 0.25) is 0 Å². The van der Waals surface area contributed by atoms with E-state index in [4.69, 9.17) is 15.7 Å². The van der Waals surface area contributed by atoms with Crippen molar-refractivity contribution in [1.82, 2.24) is 4.90 Å². The third kappa shape index (κ3) is 4.60. The van der Waals surface area contributed by atoms with Crippen molar-refractivity contribution in [3.63, 3.8) is 0 Å². The van der Waals surface area contributed by atoms with Crippen molar-refractivity contribution in [2.75, 3.05) is 20.2 Å². The van der Waals surface area contributed by atoms with Gasteiger partial charge in [0.25, 0.3) is 0 Å². The number of halogens is 1. The van der Waals surface area contributed by atoms with Gasteiger partial charge in [-0.1, -0.05) is 6.07 Å². The van der Waals surface area contributed by atoms with Gasteiger partial charge in [-0.3, -0.25) is 4.90 Å². The number of benzene rings is 1. The number of rotatable bonds is 4. The average molecular weight is 310 g/mol. The molecule has 0 saturated carbocycles. The van der Waals surface area contributed by atoms with Crippen molar-refractivity contribution in [3.05, 3.63) is 29.3 Å². The Labute approximate surface area is 133 Å². The predicted molar refractivity (Wildman–Crippen MR) is 86.6 cm³/mol. The summed E-state index contributed by atoms with van der Waals surface area (Å²) in [6.45, 7) is 5.16. The lowest BCUT2D eigenvalue weighted by Gasteiger charge is -2.34. The van der Waals surface area contributed by atoms with E-state index in [2.05, 4.69) is 17.9 Å². The molecule has 116 valence electrons. The van der Waals surface area contributed by atoms with Crippen LogP contribution in [0.25, 0.3) is 0 Å². The number of methoxy groups -OCH3 is 1. The molecular formula is C16H24ClN3O. The fourth-order valence-electron chi connectivity index (χ4n) is 2.85. The molecule has 0 amide bonds. The standard InChI is InChI=1S/C16H23N3O.ClH/c1-12(18)15-4-3-7-19(11-15)10-13-5-6-14(9-17)16(8-13)20-2;/h5-6,8,12,15H,3-4,7,10-11,18H2,1-2H3;1H. The normalized spacial score (nSPS) is 20.2. The SMILES string of the molecule is COc1cc(CN2CCCC(C(C)N)C2)ccc1C#N.Cl. The first-order valence-electron chi connectivity index (χ1n) is 7.19. The highest BCUT2D eigenvalue weighted by molar-refractivity contribution is 5.85. The van der Waals surface area contributed by atoms with Gasteiger partial charge in [-0.25, -0.2) is 0 Å². The topological polar surface area (TPSA) is 62.3 Å². The molecule has 2 rings (SSSR count). The van der Waals surface area contributed by atoms with E-state index >= 15 is 0 Å². The van der Waals surface area contributed by atoms with Gasteiger partial charge in [0.15, 0.2) is 0 Å². The fourth-order valence-corrected chi connectivity index (χ4v) is 2.85. The summed E-state index contributed by atoms with van der Waals surface area (Å²) < 4.78 is 5.26. The number of nitriles is 1. The lowest BCUT2D eigenvalue weighted by atomic mass is 9.92.